The van der Waals surface area contributed by atoms with Crippen LogP contribution in [0.15, 0.2) is 24.3 Å². The number of ether oxygens (including phenoxy) is 2. The van der Waals surface area contributed by atoms with Crippen LogP contribution in [0.4, 0.5) is 38.1 Å². The van der Waals surface area contributed by atoms with Gasteiger partial charge in [-0.05, 0) is 25.5 Å². The number of nitrogens with zero attached hydrogens (tertiary/aromatic N) is 1. The van der Waals surface area contributed by atoms with Crippen LogP contribution in [-0.2, 0) is 16.0 Å². The van der Waals surface area contributed by atoms with Gasteiger partial charge in [-0.25, -0.2) is 13.6 Å². The summed E-state index contributed by atoms with van der Waals surface area (Å²) in [6.45, 7) is 2.29. The van der Waals surface area contributed by atoms with Gasteiger partial charge in [0.15, 0.2) is 0 Å². The summed E-state index contributed by atoms with van der Waals surface area (Å²) >= 11 is 0. The number of rotatable bonds is 5. The maximum atomic E-state index is 15.4. The summed E-state index contributed by atoms with van der Waals surface area (Å²) in [5, 5.41) is 7.05. The van der Waals surface area contributed by atoms with E-state index < -0.39 is 59.2 Å². The van der Waals surface area contributed by atoms with E-state index in [-0.39, 0.29) is 31.0 Å². The number of alkyl halides is 3. The summed E-state index contributed by atoms with van der Waals surface area (Å²) in [4.78, 5) is 38.2. The summed E-state index contributed by atoms with van der Waals surface area (Å²) in [7, 11) is 0. The number of fused-ring (bicyclic) bond motifs is 1. The molecule has 14 heteroatoms. The smallest absolute Gasteiger partial charge is 0.491 e. The normalized spacial score (nSPS) is 22.4. The molecule has 4 amide bonds. The fraction of sp³-hybridized carbons (Fsp3) is 0.400. The molecule has 208 valence electrons. The Hall–Kier alpha value is -4.10. The molecule has 1 unspecified atom stereocenters. The molecule has 2 fully saturated rings. The lowest BCUT2D eigenvalue weighted by atomic mass is 9.85. The fourth-order valence-electron chi connectivity index (χ4n) is 5.13. The Morgan fingerprint density at radius 1 is 1.15 bits per heavy atom. The van der Waals surface area contributed by atoms with Gasteiger partial charge in [0.1, 0.15) is 23.1 Å². The Morgan fingerprint density at radius 2 is 1.92 bits per heavy atom. The highest BCUT2D eigenvalue weighted by molar-refractivity contribution is 6.01. The molecule has 2 aromatic rings. The molecule has 3 aliphatic heterocycles. The molecule has 0 aromatic heterocycles. The lowest BCUT2D eigenvalue weighted by Gasteiger charge is -2.48. The zero-order valence-corrected chi connectivity index (χ0v) is 20.5. The van der Waals surface area contributed by atoms with Crippen molar-refractivity contribution < 1.29 is 45.8 Å². The second-order valence-electron chi connectivity index (χ2n) is 9.49. The molecule has 0 aliphatic carbocycles. The van der Waals surface area contributed by atoms with Crippen molar-refractivity contribution >= 4 is 29.2 Å². The molecule has 0 bridgehead atoms. The Kier molecular flexibility index (Phi) is 6.72. The van der Waals surface area contributed by atoms with Gasteiger partial charge in [0.2, 0.25) is 11.8 Å². The van der Waals surface area contributed by atoms with Crippen LogP contribution in [0.1, 0.15) is 36.8 Å². The number of hydrogen-bond acceptors (Lipinski definition) is 6. The van der Waals surface area contributed by atoms with Crippen LogP contribution >= 0.6 is 0 Å². The van der Waals surface area contributed by atoms with E-state index >= 15 is 4.39 Å². The van der Waals surface area contributed by atoms with Gasteiger partial charge >= 0.3 is 12.4 Å². The topological polar surface area (TPSA) is 109 Å². The van der Waals surface area contributed by atoms with Gasteiger partial charge in [-0.15, -0.1) is 13.2 Å². The molecule has 3 N–H and O–H groups in total. The predicted molar refractivity (Wildman–Crippen MR) is 127 cm³/mol. The van der Waals surface area contributed by atoms with Crippen LogP contribution in [0.3, 0.4) is 0 Å². The number of halogens is 5. The van der Waals surface area contributed by atoms with Crippen molar-refractivity contribution in [1.82, 2.24) is 10.6 Å². The van der Waals surface area contributed by atoms with Crippen molar-refractivity contribution in [3.05, 3.63) is 47.0 Å². The van der Waals surface area contributed by atoms with Gasteiger partial charge in [-0.2, -0.15) is 0 Å². The van der Waals surface area contributed by atoms with Gasteiger partial charge in [-0.1, -0.05) is 0 Å². The number of piperidine rings is 1. The first-order chi connectivity index (χ1) is 18.4. The number of nitrogens with one attached hydrogen (secondary N) is 3. The Bertz CT molecular complexity index is 1350. The van der Waals surface area contributed by atoms with Crippen LogP contribution in [0.5, 0.6) is 11.5 Å². The molecule has 2 aromatic carbocycles. The lowest BCUT2D eigenvalue weighted by molar-refractivity contribution is -0.274. The minimum Gasteiger partial charge on any atom is -0.491 e. The van der Waals surface area contributed by atoms with Gasteiger partial charge in [0.05, 0.1) is 29.9 Å². The van der Waals surface area contributed by atoms with Crippen molar-refractivity contribution in [3.8, 4) is 11.5 Å². The van der Waals surface area contributed by atoms with E-state index in [0.717, 1.165) is 12.1 Å². The fourth-order valence-corrected chi connectivity index (χ4v) is 5.13. The highest BCUT2D eigenvalue weighted by atomic mass is 19.4. The van der Waals surface area contributed by atoms with Crippen molar-refractivity contribution in [2.75, 3.05) is 23.4 Å². The number of carbonyl (C=O) groups excluding carboxylic acids is 3. The minimum absolute atomic E-state index is 0.106. The SMILES string of the molecule is C[C@@H]1[C@@H](NC(=O)Nc2cc(OC(F)(F)F)ccc2F)CN1c1cc(F)c(C2CCC(=O)NC2=O)c2c1OCC2. The van der Waals surface area contributed by atoms with Crippen molar-refractivity contribution in [2.24, 2.45) is 0 Å². The summed E-state index contributed by atoms with van der Waals surface area (Å²) in [6.07, 6.45) is -4.29. The van der Waals surface area contributed by atoms with Gasteiger partial charge in [-0.3, -0.25) is 14.9 Å². The highest BCUT2D eigenvalue weighted by Crippen LogP contribution is 2.46. The molecule has 9 nitrogen and oxygen atoms in total. The Labute approximate surface area is 218 Å². The average molecular weight is 554 g/mol. The third-order valence-corrected chi connectivity index (χ3v) is 7.05. The van der Waals surface area contributed by atoms with Crippen LogP contribution in [0, 0.1) is 11.6 Å². The molecule has 3 aliphatic rings. The summed E-state index contributed by atoms with van der Waals surface area (Å²) in [5.74, 6) is -3.56. The summed E-state index contributed by atoms with van der Waals surface area (Å²) in [6, 6.07) is 1.84. The molecule has 3 atom stereocenters. The number of urea groups is 1. The van der Waals surface area contributed by atoms with E-state index in [1.54, 1.807) is 11.8 Å². The molecule has 0 radical (unpaired) electrons. The van der Waals surface area contributed by atoms with Crippen LogP contribution in [0.25, 0.3) is 0 Å². The number of benzene rings is 2. The number of hydrogen-bond donors (Lipinski definition) is 3. The molecule has 0 spiro atoms. The van der Waals surface area contributed by atoms with E-state index in [0.29, 0.717) is 36.1 Å². The second-order valence-corrected chi connectivity index (χ2v) is 9.49. The number of anilines is 2. The molecule has 3 heterocycles. The number of amides is 4. The Balaban J connectivity index is 1.27. The minimum atomic E-state index is -4.98. The molecule has 0 saturated carbocycles. The van der Waals surface area contributed by atoms with E-state index in [2.05, 4.69) is 20.7 Å². The summed E-state index contributed by atoms with van der Waals surface area (Å²) in [5.41, 5.74) is 0.731. The first-order valence-corrected chi connectivity index (χ1v) is 12.1. The van der Waals surface area contributed by atoms with Crippen molar-refractivity contribution in [3.63, 3.8) is 0 Å². The second kappa shape index (κ2) is 9.89. The van der Waals surface area contributed by atoms with Crippen molar-refractivity contribution in [1.29, 1.82) is 0 Å². The van der Waals surface area contributed by atoms with Crippen LogP contribution in [-0.4, -0.2) is 49.4 Å². The first kappa shape index (κ1) is 26.5. The molecular weight excluding hydrogens is 531 g/mol. The Morgan fingerprint density at radius 3 is 2.62 bits per heavy atom. The lowest BCUT2D eigenvalue weighted by Crippen LogP contribution is -2.66. The van der Waals surface area contributed by atoms with E-state index in [1.807, 2.05) is 0 Å². The summed E-state index contributed by atoms with van der Waals surface area (Å²) < 4.78 is 76.3. The monoisotopic (exact) mass is 554 g/mol. The maximum Gasteiger partial charge on any atom is 0.573 e. The van der Waals surface area contributed by atoms with E-state index in [1.165, 1.54) is 6.07 Å². The molecule has 5 rings (SSSR count). The van der Waals surface area contributed by atoms with Gasteiger partial charge < -0.3 is 25.0 Å². The predicted octanol–water partition coefficient (Wildman–Crippen LogP) is 3.72. The first-order valence-electron chi connectivity index (χ1n) is 12.1. The zero-order valence-electron chi connectivity index (χ0n) is 20.5. The largest absolute Gasteiger partial charge is 0.573 e. The quantitative estimate of drug-likeness (QED) is 0.384. The van der Waals surface area contributed by atoms with Gasteiger partial charge in [0.25, 0.3) is 0 Å². The molecule has 39 heavy (non-hydrogen) atoms. The van der Waals surface area contributed by atoms with Gasteiger partial charge in [0, 0.05) is 48.7 Å². The number of imide groups is 1. The number of carbonyl (C=O) groups is 3. The van der Waals surface area contributed by atoms with Crippen LogP contribution in [0.2, 0.25) is 0 Å². The van der Waals surface area contributed by atoms with E-state index in [9.17, 15) is 31.9 Å². The molecule has 2 saturated heterocycles. The highest BCUT2D eigenvalue weighted by Gasteiger charge is 2.42. The van der Waals surface area contributed by atoms with Crippen molar-refractivity contribution in [2.45, 2.75) is 50.6 Å². The van der Waals surface area contributed by atoms with E-state index in [4.69, 9.17) is 4.74 Å². The zero-order chi connectivity index (χ0) is 28.1. The standard InChI is InChI=1S/C25H23F5N4O5/c1-11-18(32-24(37)31-17-8-12(2-4-15(17)26)39-25(28,29)30)10-34(11)19-9-16(27)21(13-6-7-38-22(13)19)14-3-5-20(35)33-23(14)36/h2,4,8-9,11,14,18H,3,5-7,10H2,1H3,(H2,31,32,37)(H,33,35,36)/t11-,14?,18+/m1/s1. The molecular formula is C25H23F5N4O5. The average Bonchev–Trinajstić information content (AvgIpc) is 3.33. The third-order valence-electron chi connectivity index (χ3n) is 7.05. The maximum absolute atomic E-state index is 15.4. The third kappa shape index (κ3) is 5.27. The van der Waals surface area contributed by atoms with Crippen LogP contribution < -0.4 is 30.3 Å².